The number of aromatic nitrogens is 2. The first-order valence-electron chi connectivity index (χ1n) is 16.0. The third-order valence-corrected chi connectivity index (χ3v) is 9.31. The van der Waals surface area contributed by atoms with Gasteiger partial charge in [-0.1, -0.05) is 97.1 Å². The van der Waals surface area contributed by atoms with Crippen LogP contribution >= 0.6 is 0 Å². The molecule has 1 aliphatic rings. The average Bonchev–Trinajstić information content (AvgIpc) is 3.83. The van der Waals surface area contributed by atoms with Crippen molar-refractivity contribution in [2.24, 2.45) is 9.98 Å². The van der Waals surface area contributed by atoms with Crippen LogP contribution in [0.2, 0.25) is 0 Å². The number of aliphatic imine (C=N–C) groups is 2. The molecular weight excluding hydrogens is 594 g/mol. The summed E-state index contributed by atoms with van der Waals surface area (Å²) < 4.78 is 14.7. The van der Waals surface area contributed by atoms with Gasteiger partial charge >= 0.3 is 6.01 Å². The highest BCUT2D eigenvalue weighted by Crippen LogP contribution is 2.40. The highest BCUT2D eigenvalue weighted by molar-refractivity contribution is 6.16. The number of para-hydroxylation sites is 4. The molecule has 0 fully saturated rings. The Morgan fingerprint density at radius 3 is 2.19 bits per heavy atom. The molecule has 1 atom stereocenters. The van der Waals surface area contributed by atoms with E-state index in [4.69, 9.17) is 23.8 Å². The topological polar surface area (TPSA) is 72.1 Å². The fourth-order valence-electron chi connectivity index (χ4n) is 7.09. The first kappa shape index (κ1) is 26.7. The number of amidine groups is 2. The number of oxazole rings is 1. The zero-order valence-corrected chi connectivity index (χ0v) is 25.9. The number of benzene rings is 6. The van der Waals surface area contributed by atoms with Crippen LogP contribution in [0.15, 0.2) is 158 Å². The Hall–Kier alpha value is -6.47. The molecule has 9 aromatic rings. The van der Waals surface area contributed by atoms with E-state index >= 15 is 0 Å². The minimum Gasteiger partial charge on any atom is -0.456 e. The van der Waals surface area contributed by atoms with Crippen molar-refractivity contribution in [1.29, 1.82) is 0 Å². The standard InChI is InChI=1S/C41H27N5O2/c1-45-39(25-12-3-2-4-13-25)43-38(26-22-23-28-27-14-6-9-20-34(27)47-36(28)24-26)44-40(45)30-16-11-19-33-37(30)29-15-5-8-18-32(29)46(33)41-42-31-17-7-10-21-35(31)48-41/h2-24,40H,1H3. The summed E-state index contributed by atoms with van der Waals surface area (Å²) in [7, 11) is 2.07. The minimum absolute atomic E-state index is 0.370. The highest BCUT2D eigenvalue weighted by atomic mass is 16.4. The van der Waals surface area contributed by atoms with Crippen LogP contribution in [0.25, 0.3) is 60.9 Å². The van der Waals surface area contributed by atoms with Crippen LogP contribution in [-0.4, -0.2) is 33.2 Å². The molecule has 7 heteroatoms. The Bertz CT molecular complexity index is 2730. The molecule has 3 aromatic heterocycles. The molecular formula is C41H27N5O2. The fourth-order valence-corrected chi connectivity index (χ4v) is 7.09. The van der Waals surface area contributed by atoms with Crippen molar-refractivity contribution in [3.05, 3.63) is 156 Å². The van der Waals surface area contributed by atoms with Gasteiger partial charge in [-0.3, -0.25) is 4.57 Å². The van der Waals surface area contributed by atoms with Crippen LogP contribution in [0.3, 0.4) is 0 Å². The molecule has 0 amide bonds. The first-order chi connectivity index (χ1) is 23.7. The number of rotatable bonds is 4. The second kappa shape index (κ2) is 10.3. The maximum Gasteiger partial charge on any atom is 0.307 e. The van der Waals surface area contributed by atoms with Crippen LogP contribution in [0.1, 0.15) is 22.9 Å². The predicted octanol–water partition coefficient (Wildman–Crippen LogP) is 9.66. The number of fused-ring (bicyclic) bond motifs is 7. The number of furan rings is 1. The summed E-state index contributed by atoms with van der Waals surface area (Å²) in [4.78, 5) is 17.6. The van der Waals surface area contributed by atoms with Crippen LogP contribution in [0.5, 0.6) is 0 Å². The molecule has 0 aliphatic carbocycles. The Morgan fingerprint density at radius 2 is 1.31 bits per heavy atom. The molecule has 10 rings (SSSR count). The summed E-state index contributed by atoms with van der Waals surface area (Å²) in [5.74, 6) is 1.49. The molecule has 48 heavy (non-hydrogen) atoms. The summed E-state index contributed by atoms with van der Waals surface area (Å²) in [6, 6.07) is 47.9. The van der Waals surface area contributed by atoms with Crippen molar-refractivity contribution in [3.63, 3.8) is 0 Å². The van der Waals surface area contributed by atoms with Gasteiger partial charge in [-0.25, -0.2) is 9.98 Å². The van der Waals surface area contributed by atoms with Crippen LogP contribution < -0.4 is 0 Å². The van der Waals surface area contributed by atoms with E-state index in [0.717, 1.165) is 77.4 Å². The second-order valence-corrected chi connectivity index (χ2v) is 12.1. The summed E-state index contributed by atoms with van der Waals surface area (Å²) >= 11 is 0. The molecule has 0 saturated heterocycles. The molecule has 0 spiro atoms. The summed E-state index contributed by atoms with van der Waals surface area (Å²) in [5.41, 5.74) is 8.24. The Kier molecular flexibility index (Phi) is 5.72. The zero-order chi connectivity index (χ0) is 31.8. The third kappa shape index (κ3) is 3.97. The van der Waals surface area contributed by atoms with Gasteiger partial charge in [0.1, 0.15) is 22.5 Å². The van der Waals surface area contributed by atoms with E-state index < -0.39 is 0 Å². The van der Waals surface area contributed by atoms with Crippen molar-refractivity contribution in [2.45, 2.75) is 6.17 Å². The predicted molar refractivity (Wildman–Crippen MR) is 192 cm³/mol. The van der Waals surface area contributed by atoms with Crippen molar-refractivity contribution >= 4 is 66.5 Å². The van der Waals surface area contributed by atoms with Gasteiger partial charge in [0, 0.05) is 45.3 Å². The Labute approximate surface area is 274 Å². The molecule has 0 N–H and O–H groups in total. The molecule has 228 valence electrons. The van der Waals surface area contributed by atoms with Gasteiger partial charge < -0.3 is 13.7 Å². The smallest absolute Gasteiger partial charge is 0.307 e. The van der Waals surface area contributed by atoms with E-state index in [0.29, 0.717) is 11.9 Å². The van der Waals surface area contributed by atoms with Gasteiger partial charge in [0.05, 0.1) is 11.0 Å². The number of hydrogen-bond acceptors (Lipinski definition) is 6. The third-order valence-electron chi connectivity index (χ3n) is 9.31. The SMILES string of the molecule is CN1C(c2ccccc2)=NC(c2ccc3c(c2)oc2ccccc23)=NC1c1cccc2c1c1ccccc1n2-c1nc2ccccc2o1. The number of nitrogens with zero attached hydrogens (tertiary/aromatic N) is 5. The van der Waals surface area contributed by atoms with E-state index in [2.05, 4.69) is 95.4 Å². The maximum absolute atomic E-state index is 6.33. The fraction of sp³-hybridized carbons (Fsp3) is 0.0488. The van der Waals surface area contributed by atoms with Crippen molar-refractivity contribution < 1.29 is 8.83 Å². The molecule has 1 aliphatic heterocycles. The first-order valence-corrected chi connectivity index (χ1v) is 16.0. The van der Waals surface area contributed by atoms with Gasteiger partial charge in [-0.2, -0.15) is 4.98 Å². The van der Waals surface area contributed by atoms with E-state index in [1.165, 1.54) is 0 Å². The Morgan fingerprint density at radius 1 is 0.583 bits per heavy atom. The molecule has 1 unspecified atom stereocenters. The van der Waals surface area contributed by atoms with Gasteiger partial charge in [-0.15, -0.1) is 0 Å². The van der Waals surface area contributed by atoms with Gasteiger partial charge in [0.2, 0.25) is 0 Å². The maximum atomic E-state index is 6.33. The molecule has 7 nitrogen and oxygen atoms in total. The second-order valence-electron chi connectivity index (χ2n) is 12.1. The Balaban J connectivity index is 1.20. The van der Waals surface area contributed by atoms with Crippen LogP contribution in [0, 0.1) is 0 Å². The van der Waals surface area contributed by atoms with E-state index in [9.17, 15) is 0 Å². The lowest BCUT2D eigenvalue weighted by atomic mass is 10.0. The summed E-state index contributed by atoms with van der Waals surface area (Å²) in [6.07, 6.45) is -0.370. The molecule has 6 aromatic carbocycles. The minimum atomic E-state index is -0.370. The van der Waals surface area contributed by atoms with Crippen LogP contribution in [0.4, 0.5) is 0 Å². The molecule has 0 bridgehead atoms. The van der Waals surface area contributed by atoms with Gasteiger partial charge in [0.15, 0.2) is 17.6 Å². The number of hydrogen-bond donors (Lipinski definition) is 0. The quantitative estimate of drug-likeness (QED) is 0.196. The lowest BCUT2D eigenvalue weighted by Gasteiger charge is -2.33. The van der Waals surface area contributed by atoms with E-state index in [1.54, 1.807) is 0 Å². The molecule has 4 heterocycles. The summed E-state index contributed by atoms with van der Waals surface area (Å²) in [5, 5.41) is 4.36. The lowest BCUT2D eigenvalue weighted by molar-refractivity contribution is 0.385. The van der Waals surface area contributed by atoms with Crippen molar-refractivity contribution in [2.75, 3.05) is 7.05 Å². The lowest BCUT2D eigenvalue weighted by Crippen LogP contribution is -2.35. The van der Waals surface area contributed by atoms with Gasteiger partial charge in [-0.05, 0) is 42.5 Å². The van der Waals surface area contributed by atoms with Crippen LogP contribution in [-0.2, 0) is 0 Å². The van der Waals surface area contributed by atoms with Crippen molar-refractivity contribution in [3.8, 4) is 6.01 Å². The average molecular weight is 622 g/mol. The van der Waals surface area contributed by atoms with Crippen molar-refractivity contribution in [1.82, 2.24) is 14.5 Å². The largest absolute Gasteiger partial charge is 0.456 e. The zero-order valence-electron chi connectivity index (χ0n) is 25.9. The molecule has 0 saturated carbocycles. The monoisotopic (exact) mass is 621 g/mol. The van der Waals surface area contributed by atoms with E-state index in [-0.39, 0.29) is 6.17 Å². The molecule has 0 radical (unpaired) electrons. The van der Waals surface area contributed by atoms with E-state index in [1.807, 2.05) is 60.7 Å². The normalized spacial score (nSPS) is 15.2. The highest BCUT2D eigenvalue weighted by Gasteiger charge is 2.30. The summed E-state index contributed by atoms with van der Waals surface area (Å²) in [6.45, 7) is 0. The van der Waals surface area contributed by atoms with Gasteiger partial charge in [0.25, 0.3) is 0 Å².